The fraction of sp³-hybridized carbons (Fsp3) is 0.295. The zero-order valence-electron chi connectivity index (χ0n) is 28.8. The van der Waals surface area contributed by atoms with Gasteiger partial charge in [-0.1, -0.05) is 152 Å². The highest BCUT2D eigenvalue weighted by Crippen LogP contribution is 2.57. The van der Waals surface area contributed by atoms with Crippen LogP contribution in [0.3, 0.4) is 0 Å². The van der Waals surface area contributed by atoms with Gasteiger partial charge >= 0.3 is 0 Å². The molecule has 0 aliphatic rings. The molecule has 5 rings (SSSR count). The molecule has 1 atom stereocenters. The third kappa shape index (κ3) is 5.69. The molecule has 0 N–H and O–H groups in total. The number of rotatable bonds is 7. The van der Waals surface area contributed by atoms with Crippen LogP contribution in [0.5, 0.6) is 0 Å². The lowest BCUT2D eigenvalue weighted by atomic mass is 9.47. The molecule has 0 spiro atoms. The average molecular weight is 608 g/mol. The van der Waals surface area contributed by atoms with E-state index in [1.165, 1.54) is 22.3 Å². The number of hydrogen-bond acceptors (Lipinski definition) is 1. The molecule has 0 aliphatic heterocycles. The van der Waals surface area contributed by atoms with Gasteiger partial charge in [0.15, 0.2) is 0 Å². The van der Waals surface area contributed by atoms with Gasteiger partial charge in [-0.05, 0) is 86.5 Å². The number of halogens is 1. The Morgan fingerprint density at radius 3 is 1.65 bits per heavy atom. The summed E-state index contributed by atoms with van der Waals surface area (Å²) in [5.74, 6) is -0.255. The molecule has 0 saturated carbocycles. The molecule has 0 saturated heterocycles. The maximum absolute atomic E-state index is 15.2. The molecular weight excluding hydrogens is 561 g/mol. The van der Waals surface area contributed by atoms with Crippen molar-refractivity contribution in [2.24, 2.45) is 0 Å². The standard InChI is InChI=1S/C44H46FN/c1-30-14-22-34(23-15-30)42(5,6)44(9,35-24-16-31(29-46)17-25-35)43(7,8)40-27-26-36(45)28-38(40)33-20-18-32(19-21-33)37-12-10-11-13-39(37)41(2,3)4/h10-28H,1-9H3. The van der Waals surface area contributed by atoms with E-state index in [2.05, 4.69) is 153 Å². The molecule has 0 bridgehead atoms. The van der Waals surface area contributed by atoms with Gasteiger partial charge in [-0.25, -0.2) is 4.39 Å². The van der Waals surface area contributed by atoms with Gasteiger partial charge in [0, 0.05) is 10.8 Å². The van der Waals surface area contributed by atoms with Gasteiger partial charge in [0.2, 0.25) is 0 Å². The SMILES string of the molecule is Cc1ccc(C(C)(C)C(C)(c2ccc(C#N)cc2)C(C)(C)c2ccc(F)cc2-c2ccc(-c3ccccc3C(C)(C)C)cc2)cc1. The third-order valence-electron chi connectivity index (χ3n) is 10.8. The average Bonchev–Trinajstić information content (AvgIpc) is 3.04. The number of hydrogen-bond donors (Lipinski definition) is 0. The zero-order valence-corrected chi connectivity index (χ0v) is 28.8. The van der Waals surface area contributed by atoms with Crippen LogP contribution in [0.1, 0.15) is 88.8 Å². The Balaban J connectivity index is 1.70. The van der Waals surface area contributed by atoms with E-state index in [9.17, 15) is 5.26 Å². The summed E-state index contributed by atoms with van der Waals surface area (Å²) in [5, 5.41) is 9.58. The van der Waals surface area contributed by atoms with Crippen molar-refractivity contribution >= 4 is 0 Å². The summed E-state index contributed by atoms with van der Waals surface area (Å²) in [6, 6.07) is 41.5. The predicted octanol–water partition coefficient (Wildman–Crippen LogP) is 11.9. The van der Waals surface area contributed by atoms with Crippen LogP contribution in [0.15, 0.2) is 115 Å². The molecule has 1 unspecified atom stereocenters. The highest BCUT2D eigenvalue weighted by atomic mass is 19.1. The summed E-state index contributed by atoms with van der Waals surface area (Å²) in [7, 11) is 0. The number of benzene rings is 5. The van der Waals surface area contributed by atoms with E-state index >= 15 is 4.39 Å². The minimum absolute atomic E-state index is 0.00910. The molecule has 0 heterocycles. The first-order valence-electron chi connectivity index (χ1n) is 16.2. The van der Waals surface area contributed by atoms with Crippen molar-refractivity contribution in [1.29, 1.82) is 5.26 Å². The van der Waals surface area contributed by atoms with Gasteiger partial charge in [-0.3, -0.25) is 0 Å². The monoisotopic (exact) mass is 607 g/mol. The van der Waals surface area contributed by atoms with Gasteiger partial charge in [-0.2, -0.15) is 5.26 Å². The largest absolute Gasteiger partial charge is 0.207 e. The van der Waals surface area contributed by atoms with Crippen molar-refractivity contribution in [2.45, 2.75) is 84.0 Å². The van der Waals surface area contributed by atoms with Crippen molar-refractivity contribution < 1.29 is 4.39 Å². The number of aryl methyl sites for hydroxylation is 1. The highest BCUT2D eigenvalue weighted by molar-refractivity contribution is 5.75. The number of nitriles is 1. The van der Waals surface area contributed by atoms with Crippen LogP contribution in [0.4, 0.5) is 4.39 Å². The van der Waals surface area contributed by atoms with Crippen LogP contribution in [-0.2, 0) is 21.7 Å². The molecule has 46 heavy (non-hydrogen) atoms. The number of nitrogens with zero attached hydrogens (tertiary/aromatic N) is 1. The summed E-state index contributed by atoms with van der Waals surface area (Å²) in [5.41, 5.74) is 9.49. The second kappa shape index (κ2) is 12.0. The Morgan fingerprint density at radius 2 is 1.09 bits per heavy atom. The topological polar surface area (TPSA) is 23.8 Å². The Morgan fingerprint density at radius 1 is 0.543 bits per heavy atom. The van der Waals surface area contributed by atoms with Crippen LogP contribution in [0.2, 0.25) is 0 Å². The zero-order chi connectivity index (χ0) is 33.5. The van der Waals surface area contributed by atoms with Crippen molar-refractivity contribution in [3.8, 4) is 28.3 Å². The van der Waals surface area contributed by atoms with E-state index in [0.717, 1.165) is 27.8 Å². The lowest BCUT2D eigenvalue weighted by Crippen LogP contribution is -2.55. The minimum atomic E-state index is -0.490. The molecule has 0 aromatic heterocycles. The van der Waals surface area contributed by atoms with E-state index in [0.29, 0.717) is 5.56 Å². The van der Waals surface area contributed by atoms with Gasteiger partial charge < -0.3 is 0 Å². The molecule has 0 amide bonds. The van der Waals surface area contributed by atoms with Gasteiger partial charge in [-0.15, -0.1) is 0 Å². The van der Waals surface area contributed by atoms with E-state index in [4.69, 9.17) is 0 Å². The molecule has 5 aromatic carbocycles. The summed E-state index contributed by atoms with van der Waals surface area (Å²) in [6.07, 6.45) is 0. The van der Waals surface area contributed by atoms with Crippen molar-refractivity contribution in [2.75, 3.05) is 0 Å². The minimum Gasteiger partial charge on any atom is -0.207 e. The fourth-order valence-corrected chi connectivity index (χ4v) is 7.43. The van der Waals surface area contributed by atoms with Crippen LogP contribution in [-0.4, -0.2) is 0 Å². The van der Waals surface area contributed by atoms with E-state index in [1.807, 2.05) is 18.2 Å². The van der Waals surface area contributed by atoms with Crippen LogP contribution < -0.4 is 0 Å². The smallest absolute Gasteiger partial charge is 0.123 e. The lowest BCUT2D eigenvalue weighted by molar-refractivity contribution is 0.162. The second-order valence-electron chi connectivity index (χ2n) is 15.0. The highest BCUT2D eigenvalue weighted by Gasteiger charge is 2.54. The normalized spacial score (nSPS) is 13.6. The summed E-state index contributed by atoms with van der Waals surface area (Å²) < 4.78 is 15.2. The van der Waals surface area contributed by atoms with Crippen LogP contribution in [0.25, 0.3) is 22.3 Å². The van der Waals surface area contributed by atoms with Crippen LogP contribution in [0, 0.1) is 24.1 Å². The predicted molar refractivity (Wildman–Crippen MR) is 192 cm³/mol. The Bertz CT molecular complexity index is 1880. The van der Waals surface area contributed by atoms with Gasteiger partial charge in [0.1, 0.15) is 5.82 Å². The molecule has 1 nitrogen and oxygen atoms in total. The maximum atomic E-state index is 15.2. The Kier molecular flexibility index (Phi) is 8.61. The molecule has 234 valence electrons. The third-order valence-corrected chi connectivity index (χ3v) is 10.8. The van der Waals surface area contributed by atoms with Crippen molar-refractivity contribution in [3.63, 3.8) is 0 Å². The first-order valence-corrected chi connectivity index (χ1v) is 16.2. The van der Waals surface area contributed by atoms with E-state index in [1.54, 1.807) is 12.1 Å². The Labute approximate surface area is 275 Å². The van der Waals surface area contributed by atoms with E-state index < -0.39 is 10.8 Å². The van der Waals surface area contributed by atoms with Gasteiger partial charge in [0.25, 0.3) is 0 Å². The second-order valence-corrected chi connectivity index (χ2v) is 15.0. The van der Waals surface area contributed by atoms with E-state index in [-0.39, 0.29) is 16.6 Å². The fourth-order valence-electron chi connectivity index (χ4n) is 7.43. The van der Waals surface area contributed by atoms with Crippen molar-refractivity contribution in [1.82, 2.24) is 0 Å². The quantitative estimate of drug-likeness (QED) is 0.181. The molecule has 5 aromatic rings. The lowest BCUT2D eigenvalue weighted by Gasteiger charge is -2.56. The summed E-state index contributed by atoms with van der Waals surface area (Å²) in [6.45, 7) is 20.3. The van der Waals surface area contributed by atoms with Gasteiger partial charge in [0.05, 0.1) is 11.6 Å². The summed E-state index contributed by atoms with van der Waals surface area (Å²) in [4.78, 5) is 0. The molecule has 0 fully saturated rings. The Hall–Kier alpha value is -4.48. The van der Waals surface area contributed by atoms with Crippen molar-refractivity contribution in [3.05, 3.63) is 154 Å². The first-order chi connectivity index (χ1) is 21.6. The molecule has 0 radical (unpaired) electrons. The molecule has 2 heteroatoms. The molecule has 0 aliphatic carbocycles. The summed E-state index contributed by atoms with van der Waals surface area (Å²) >= 11 is 0. The maximum Gasteiger partial charge on any atom is 0.123 e. The van der Waals surface area contributed by atoms with Crippen LogP contribution >= 0.6 is 0 Å². The molecular formula is C44H46FN. The first kappa shape index (κ1) is 32.9.